The average molecular weight is 265 g/mol. The summed E-state index contributed by atoms with van der Waals surface area (Å²) >= 11 is 0. The standard InChI is InChI=1S/C10H16N2O2S.ClH/c1-8-4-3-5-10(6-8)15(13,14)12-9(2)7-11;/h3-6,9,12H,7,11H2,1-2H3;1H/t9-;/m0./s1. The Morgan fingerprint density at radius 2 is 2.06 bits per heavy atom. The third-order valence-electron chi connectivity index (χ3n) is 2.01. The number of hydrogen-bond acceptors (Lipinski definition) is 3. The van der Waals surface area contributed by atoms with Gasteiger partial charge in [0.2, 0.25) is 10.0 Å². The van der Waals surface area contributed by atoms with Crippen molar-refractivity contribution >= 4 is 22.4 Å². The van der Waals surface area contributed by atoms with Crippen LogP contribution in [0, 0.1) is 6.92 Å². The van der Waals surface area contributed by atoms with Crippen molar-refractivity contribution in [2.24, 2.45) is 5.73 Å². The molecule has 0 amide bonds. The maximum absolute atomic E-state index is 11.8. The second-order valence-corrected chi connectivity index (χ2v) is 5.29. The molecule has 0 saturated heterocycles. The van der Waals surface area contributed by atoms with Crippen LogP contribution in [0.4, 0.5) is 0 Å². The molecule has 0 heterocycles. The Kier molecular flexibility index (Phi) is 5.96. The molecular formula is C10H17ClN2O2S. The average Bonchev–Trinajstić information content (AvgIpc) is 2.17. The quantitative estimate of drug-likeness (QED) is 0.854. The molecule has 0 aliphatic rings. The Hall–Kier alpha value is -0.620. The zero-order valence-corrected chi connectivity index (χ0v) is 10.9. The smallest absolute Gasteiger partial charge is 0.240 e. The predicted octanol–water partition coefficient (Wildman–Crippen LogP) is 1.04. The van der Waals surface area contributed by atoms with Gasteiger partial charge in [-0.3, -0.25) is 0 Å². The third-order valence-corrected chi connectivity index (χ3v) is 3.60. The fourth-order valence-corrected chi connectivity index (χ4v) is 2.52. The van der Waals surface area contributed by atoms with Crippen LogP contribution in [0.2, 0.25) is 0 Å². The first-order valence-electron chi connectivity index (χ1n) is 4.75. The van der Waals surface area contributed by atoms with E-state index < -0.39 is 10.0 Å². The highest BCUT2D eigenvalue weighted by Crippen LogP contribution is 2.10. The molecule has 1 aromatic carbocycles. The SMILES string of the molecule is Cc1cccc(S(=O)(=O)N[C@@H](C)CN)c1.Cl. The molecule has 6 heteroatoms. The van der Waals surface area contributed by atoms with E-state index in [-0.39, 0.29) is 29.9 Å². The van der Waals surface area contributed by atoms with Gasteiger partial charge < -0.3 is 5.73 Å². The van der Waals surface area contributed by atoms with E-state index in [2.05, 4.69) is 4.72 Å². The molecule has 1 aromatic rings. The van der Waals surface area contributed by atoms with Gasteiger partial charge in [0.1, 0.15) is 0 Å². The Labute approximate surface area is 103 Å². The minimum Gasteiger partial charge on any atom is -0.329 e. The molecule has 0 aliphatic carbocycles. The number of halogens is 1. The molecule has 1 atom stereocenters. The molecule has 1 rings (SSSR count). The lowest BCUT2D eigenvalue weighted by atomic mass is 10.2. The summed E-state index contributed by atoms with van der Waals surface area (Å²) in [6.07, 6.45) is 0. The van der Waals surface area contributed by atoms with Gasteiger partial charge in [-0.15, -0.1) is 12.4 Å². The van der Waals surface area contributed by atoms with Crippen LogP contribution in [0.5, 0.6) is 0 Å². The second-order valence-electron chi connectivity index (χ2n) is 3.57. The number of rotatable bonds is 4. The van der Waals surface area contributed by atoms with Crippen LogP contribution in [0.1, 0.15) is 12.5 Å². The van der Waals surface area contributed by atoms with Crippen LogP contribution in [0.3, 0.4) is 0 Å². The van der Waals surface area contributed by atoms with E-state index in [1.807, 2.05) is 13.0 Å². The van der Waals surface area contributed by atoms with Crippen LogP contribution >= 0.6 is 12.4 Å². The summed E-state index contributed by atoms with van der Waals surface area (Å²) in [6, 6.07) is 6.52. The Morgan fingerprint density at radius 1 is 1.44 bits per heavy atom. The van der Waals surface area contributed by atoms with E-state index in [0.717, 1.165) is 5.56 Å². The van der Waals surface area contributed by atoms with Crippen molar-refractivity contribution in [1.29, 1.82) is 0 Å². The Balaban J connectivity index is 0.00000225. The van der Waals surface area contributed by atoms with E-state index in [1.54, 1.807) is 25.1 Å². The van der Waals surface area contributed by atoms with Gasteiger partial charge in [0, 0.05) is 12.6 Å². The molecule has 16 heavy (non-hydrogen) atoms. The van der Waals surface area contributed by atoms with E-state index in [9.17, 15) is 8.42 Å². The first kappa shape index (κ1) is 15.4. The van der Waals surface area contributed by atoms with Crippen LogP contribution in [-0.2, 0) is 10.0 Å². The third kappa shape index (κ3) is 4.09. The summed E-state index contributed by atoms with van der Waals surface area (Å²) in [5, 5.41) is 0. The molecule has 0 saturated carbocycles. The van der Waals surface area contributed by atoms with Crippen molar-refractivity contribution in [3.8, 4) is 0 Å². The molecule has 92 valence electrons. The van der Waals surface area contributed by atoms with Crippen molar-refractivity contribution < 1.29 is 8.42 Å². The van der Waals surface area contributed by atoms with Crippen molar-refractivity contribution in [2.45, 2.75) is 24.8 Å². The van der Waals surface area contributed by atoms with Gasteiger partial charge in [-0.25, -0.2) is 13.1 Å². The molecule has 0 radical (unpaired) electrons. The maximum atomic E-state index is 11.8. The van der Waals surface area contributed by atoms with Crippen LogP contribution in [0.25, 0.3) is 0 Å². The van der Waals surface area contributed by atoms with Gasteiger partial charge in [-0.1, -0.05) is 12.1 Å². The highest BCUT2D eigenvalue weighted by molar-refractivity contribution is 7.89. The number of nitrogens with two attached hydrogens (primary N) is 1. The van der Waals surface area contributed by atoms with Gasteiger partial charge >= 0.3 is 0 Å². The van der Waals surface area contributed by atoms with Gasteiger partial charge in [-0.2, -0.15) is 0 Å². The van der Waals surface area contributed by atoms with Crippen molar-refractivity contribution in [3.63, 3.8) is 0 Å². The zero-order chi connectivity index (χ0) is 11.5. The zero-order valence-electron chi connectivity index (χ0n) is 9.30. The number of benzene rings is 1. The minimum absolute atomic E-state index is 0. The van der Waals surface area contributed by atoms with Gasteiger partial charge in [-0.05, 0) is 31.5 Å². The molecule has 3 N–H and O–H groups in total. The molecule has 0 spiro atoms. The van der Waals surface area contributed by atoms with Gasteiger partial charge in [0.25, 0.3) is 0 Å². The summed E-state index contributed by atoms with van der Waals surface area (Å²) in [6.45, 7) is 3.86. The van der Waals surface area contributed by atoms with Crippen molar-refractivity contribution in [3.05, 3.63) is 29.8 Å². The number of nitrogens with one attached hydrogen (secondary N) is 1. The fourth-order valence-electron chi connectivity index (χ4n) is 1.16. The van der Waals surface area contributed by atoms with E-state index in [1.165, 1.54) is 0 Å². The lowest BCUT2D eigenvalue weighted by Gasteiger charge is -2.12. The van der Waals surface area contributed by atoms with Crippen molar-refractivity contribution in [1.82, 2.24) is 4.72 Å². The van der Waals surface area contributed by atoms with E-state index in [4.69, 9.17) is 5.73 Å². The lowest BCUT2D eigenvalue weighted by molar-refractivity contribution is 0.562. The molecule has 0 aromatic heterocycles. The van der Waals surface area contributed by atoms with Crippen LogP contribution in [-0.4, -0.2) is 21.0 Å². The molecule has 0 unspecified atom stereocenters. The monoisotopic (exact) mass is 264 g/mol. The highest BCUT2D eigenvalue weighted by atomic mass is 35.5. The summed E-state index contributed by atoms with van der Waals surface area (Å²) in [4.78, 5) is 0.280. The molecule has 0 fully saturated rings. The van der Waals surface area contributed by atoms with Crippen LogP contribution < -0.4 is 10.5 Å². The number of sulfonamides is 1. The topological polar surface area (TPSA) is 72.2 Å². The van der Waals surface area contributed by atoms with Crippen LogP contribution in [0.15, 0.2) is 29.2 Å². The number of hydrogen-bond donors (Lipinski definition) is 2. The summed E-state index contributed by atoms with van der Waals surface area (Å²) < 4.78 is 26.1. The van der Waals surface area contributed by atoms with E-state index >= 15 is 0 Å². The highest BCUT2D eigenvalue weighted by Gasteiger charge is 2.15. The lowest BCUT2D eigenvalue weighted by Crippen LogP contribution is -2.37. The molecule has 0 aliphatic heterocycles. The molecule has 0 bridgehead atoms. The van der Waals surface area contributed by atoms with Gasteiger partial charge in [0.05, 0.1) is 4.90 Å². The summed E-state index contributed by atoms with van der Waals surface area (Å²) in [5.41, 5.74) is 6.28. The number of aryl methyl sites for hydroxylation is 1. The van der Waals surface area contributed by atoms with E-state index in [0.29, 0.717) is 0 Å². The first-order valence-corrected chi connectivity index (χ1v) is 6.23. The largest absolute Gasteiger partial charge is 0.329 e. The molecule has 4 nitrogen and oxygen atoms in total. The Bertz CT molecular complexity index is 434. The van der Waals surface area contributed by atoms with Gasteiger partial charge in [0.15, 0.2) is 0 Å². The first-order chi connectivity index (χ1) is 6.95. The summed E-state index contributed by atoms with van der Waals surface area (Å²) in [5.74, 6) is 0. The summed E-state index contributed by atoms with van der Waals surface area (Å²) in [7, 11) is -3.42. The Morgan fingerprint density at radius 3 is 2.56 bits per heavy atom. The fraction of sp³-hybridized carbons (Fsp3) is 0.400. The predicted molar refractivity (Wildman–Crippen MR) is 67.3 cm³/mol. The normalized spacial score (nSPS) is 12.9. The molecular weight excluding hydrogens is 248 g/mol. The van der Waals surface area contributed by atoms with Crippen molar-refractivity contribution in [2.75, 3.05) is 6.54 Å². The maximum Gasteiger partial charge on any atom is 0.240 e. The second kappa shape index (κ2) is 6.20. The minimum atomic E-state index is -3.42.